The lowest BCUT2D eigenvalue weighted by atomic mass is 9.75. The van der Waals surface area contributed by atoms with E-state index >= 15 is 0 Å². The van der Waals surface area contributed by atoms with Gasteiger partial charge in [0, 0.05) is 5.41 Å². The van der Waals surface area contributed by atoms with Crippen LogP contribution in [0.15, 0.2) is 0 Å². The maximum Gasteiger partial charge on any atom is 0.216 e. The SMILES string of the molecule is CC(C)(C)S(=O)(=O)N[C@@H]1COCC12CCNCC2. The van der Waals surface area contributed by atoms with Crippen LogP contribution in [-0.2, 0) is 14.8 Å². The van der Waals surface area contributed by atoms with Crippen LogP contribution in [0.1, 0.15) is 33.6 Å². The van der Waals surface area contributed by atoms with Crippen LogP contribution < -0.4 is 10.0 Å². The molecule has 2 fully saturated rings. The average molecular weight is 276 g/mol. The fourth-order valence-corrected chi connectivity index (χ4v) is 3.64. The third kappa shape index (κ3) is 2.57. The largest absolute Gasteiger partial charge is 0.379 e. The van der Waals surface area contributed by atoms with Crippen LogP contribution in [0.25, 0.3) is 0 Å². The van der Waals surface area contributed by atoms with Crippen LogP contribution in [0.2, 0.25) is 0 Å². The van der Waals surface area contributed by atoms with Crippen molar-refractivity contribution in [3.8, 4) is 0 Å². The Balaban J connectivity index is 2.14. The van der Waals surface area contributed by atoms with E-state index in [0.717, 1.165) is 25.9 Å². The highest BCUT2D eigenvalue weighted by Crippen LogP contribution is 2.38. The van der Waals surface area contributed by atoms with Crippen molar-refractivity contribution in [1.82, 2.24) is 10.0 Å². The first kappa shape index (κ1) is 14.2. The molecule has 1 spiro atoms. The van der Waals surface area contributed by atoms with Gasteiger partial charge in [-0.2, -0.15) is 0 Å². The zero-order valence-electron chi connectivity index (χ0n) is 11.5. The minimum absolute atomic E-state index is 0.0103. The predicted octanol–water partition coefficient (Wildman–Crippen LogP) is 0.473. The van der Waals surface area contributed by atoms with Crippen molar-refractivity contribution < 1.29 is 13.2 Å². The highest BCUT2D eigenvalue weighted by atomic mass is 32.2. The zero-order valence-corrected chi connectivity index (χ0v) is 12.3. The lowest BCUT2D eigenvalue weighted by molar-refractivity contribution is 0.125. The number of hydrogen-bond acceptors (Lipinski definition) is 4. The molecule has 0 aromatic rings. The maximum atomic E-state index is 12.3. The number of rotatable bonds is 2. The van der Waals surface area contributed by atoms with E-state index in [4.69, 9.17) is 4.74 Å². The summed E-state index contributed by atoms with van der Waals surface area (Å²) in [6, 6.07) is -0.0798. The summed E-state index contributed by atoms with van der Waals surface area (Å²) in [6.07, 6.45) is 1.95. The Morgan fingerprint density at radius 2 is 1.89 bits per heavy atom. The predicted molar refractivity (Wildman–Crippen MR) is 71.0 cm³/mol. The van der Waals surface area contributed by atoms with Gasteiger partial charge in [-0.05, 0) is 46.7 Å². The molecular formula is C12H24N2O3S. The summed E-state index contributed by atoms with van der Waals surface area (Å²) in [4.78, 5) is 0. The first-order valence-electron chi connectivity index (χ1n) is 6.57. The maximum absolute atomic E-state index is 12.3. The van der Waals surface area contributed by atoms with Gasteiger partial charge in [0.25, 0.3) is 0 Å². The van der Waals surface area contributed by atoms with E-state index in [-0.39, 0.29) is 11.5 Å². The van der Waals surface area contributed by atoms with Crippen molar-refractivity contribution in [1.29, 1.82) is 0 Å². The molecule has 2 heterocycles. The fourth-order valence-electron chi connectivity index (χ4n) is 2.60. The van der Waals surface area contributed by atoms with Gasteiger partial charge < -0.3 is 10.1 Å². The van der Waals surface area contributed by atoms with Crippen LogP contribution in [0.3, 0.4) is 0 Å². The van der Waals surface area contributed by atoms with E-state index in [0.29, 0.717) is 13.2 Å². The van der Waals surface area contributed by atoms with Crippen molar-refractivity contribution in [2.45, 2.75) is 44.4 Å². The topological polar surface area (TPSA) is 67.4 Å². The van der Waals surface area contributed by atoms with Crippen LogP contribution >= 0.6 is 0 Å². The Bertz CT molecular complexity index is 394. The summed E-state index contributed by atoms with van der Waals surface area (Å²) < 4.78 is 32.2. The molecule has 0 unspecified atom stereocenters. The molecule has 1 atom stereocenters. The highest BCUT2D eigenvalue weighted by molar-refractivity contribution is 7.90. The average Bonchev–Trinajstić information content (AvgIpc) is 2.60. The van der Waals surface area contributed by atoms with Gasteiger partial charge in [-0.25, -0.2) is 13.1 Å². The molecule has 0 amide bonds. The number of hydrogen-bond donors (Lipinski definition) is 2. The summed E-state index contributed by atoms with van der Waals surface area (Å²) in [5.41, 5.74) is -0.0103. The van der Waals surface area contributed by atoms with Gasteiger partial charge in [-0.1, -0.05) is 0 Å². The molecule has 2 rings (SSSR count). The van der Waals surface area contributed by atoms with Gasteiger partial charge in [-0.3, -0.25) is 0 Å². The third-order valence-electron chi connectivity index (χ3n) is 4.12. The first-order chi connectivity index (χ1) is 8.27. The second kappa shape index (κ2) is 4.74. The summed E-state index contributed by atoms with van der Waals surface area (Å²) in [5.74, 6) is 0. The Labute approximate surface area is 110 Å². The number of piperidine rings is 1. The molecule has 18 heavy (non-hydrogen) atoms. The van der Waals surface area contributed by atoms with E-state index in [1.54, 1.807) is 20.8 Å². The van der Waals surface area contributed by atoms with Gasteiger partial charge in [0.1, 0.15) is 0 Å². The molecule has 106 valence electrons. The Morgan fingerprint density at radius 1 is 1.28 bits per heavy atom. The Hall–Kier alpha value is -0.170. The molecule has 2 aliphatic heterocycles. The highest BCUT2D eigenvalue weighted by Gasteiger charge is 2.47. The van der Waals surface area contributed by atoms with E-state index in [1.807, 2.05) is 0 Å². The Kier molecular flexibility index (Phi) is 3.75. The molecule has 0 bridgehead atoms. The number of ether oxygens (including phenoxy) is 1. The summed E-state index contributed by atoms with van der Waals surface area (Å²) in [7, 11) is -3.31. The second-order valence-electron chi connectivity index (χ2n) is 6.41. The lowest BCUT2D eigenvalue weighted by Gasteiger charge is -2.38. The Morgan fingerprint density at radius 3 is 2.44 bits per heavy atom. The molecule has 6 heteroatoms. The second-order valence-corrected chi connectivity index (χ2v) is 8.88. The van der Waals surface area contributed by atoms with Crippen LogP contribution in [0, 0.1) is 5.41 Å². The van der Waals surface area contributed by atoms with Gasteiger partial charge in [0.15, 0.2) is 0 Å². The van der Waals surface area contributed by atoms with Gasteiger partial charge in [0.05, 0.1) is 24.0 Å². The van der Waals surface area contributed by atoms with Gasteiger partial charge in [0.2, 0.25) is 10.0 Å². The minimum Gasteiger partial charge on any atom is -0.379 e. The quantitative estimate of drug-likeness (QED) is 0.769. The van der Waals surface area contributed by atoms with E-state index in [9.17, 15) is 8.42 Å². The lowest BCUT2D eigenvalue weighted by Crippen LogP contribution is -2.54. The van der Waals surface area contributed by atoms with Gasteiger partial charge in [-0.15, -0.1) is 0 Å². The number of sulfonamides is 1. The molecule has 0 aromatic heterocycles. The molecule has 0 aromatic carbocycles. The molecule has 2 N–H and O–H groups in total. The van der Waals surface area contributed by atoms with Crippen molar-refractivity contribution in [3.63, 3.8) is 0 Å². The summed E-state index contributed by atoms with van der Waals surface area (Å²) in [5, 5.41) is 3.32. The number of nitrogens with one attached hydrogen (secondary N) is 2. The van der Waals surface area contributed by atoms with Gasteiger partial charge >= 0.3 is 0 Å². The fraction of sp³-hybridized carbons (Fsp3) is 1.00. The minimum atomic E-state index is -3.31. The zero-order chi connectivity index (χ0) is 13.4. The third-order valence-corrected chi connectivity index (χ3v) is 6.32. The van der Waals surface area contributed by atoms with Crippen molar-refractivity contribution in [2.75, 3.05) is 26.3 Å². The van der Waals surface area contributed by atoms with Crippen LogP contribution in [0.4, 0.5) is 0 Å². The molecule has 0 aliphatic carbocycles. The molecule has 2 saturated heterocycles. The normalized spacial score (nSPS) is 28.7. The monoisotopic (exact) mass is 276 g/mol. The van der Waals surface area contributed by atoms with Crippen LogP contribution in [-0.4, -0.2) is 45.5 Å². The smallest absolute Gasteiger partial charge is 0.216 e. The molecule has 0 saturated carbocycles. The van der Waals surface area contributed by atoms with Crippen molar-refractivity contribution >= 4 is 10.0 Å². The standard InChI is InChI=1S/C12H24N2O3S/c1-11(2,3)18(15,16)14-10-8-17-9-12(10)4-6-13-7-5-12/h10,13-14H,4-9H2,1-3H3/t10-/m1/s1. The molecular weight excluding hydrogens is 252 g/mol. The molecule has 2 aliphatic rings. The van der Waals surface area contributed by atoms with E-state index < -0.39 is 14.8 Å². The van der Waals surface area contributed by atoms with Crippen LogP contribution in [0.5, 0.6) is 0 Å². The van der Waals surface area contributed by atoms with Crippen molar-refractivity contribution in [2.24, 2.45) is 5.41 Å². The van der Waals surface area contributed by atoms with Crippen molar-refractivity contribution in [3.05, 3.63) is 0 Å². The molecule has 0 radical (unpaired) electrons. The summed E-state index contributed by atoms with van der Waals surface area (Å²) in [6.45, 7) is 8.22. The first-order valence-corrected chi connectivity index (χ1v) is 8.06. The molecule has 5 nitrogen and oxygen atoms in total. The van der Waals surface area contributed by atoms with E-state index in [2.05, 4.69) is 10.0 Å². The summed E-state index contributed by atoms with van der Waals surface area (Å²) >= 11 is 0. The van der Waals surface area contributed by atoms with E-state index in [1.165, 1.54) is 0 Å².